The molecule has 4 aromatic heterocycles. The summed E-state index contributed by atoms with van der Waals surface area (Å²) in [4.78, 5) is 16.3. The van der Waals surface area contributed by atoms with E-state index in [4.69, 9.17) is 14.2 Å². The molecule has 34 heavy (non-hydrogen) atoms. The van der Waals surface area contributed by atoms with Crippen molar-refractivity contribution in [2.75, 3.05) is 7.11 Å². The van der Waals surface area contributed by atoms with Gasteiger partial charge in [-0.1, -0.05) is 5.16 Å². The van der Waals surface area contributed by atoms with E-state index in [-0.39, 0.29) is 5.82 Å². The number of hydrogen-bond acceptors (Lipinski definition) is 5. The first kappa shape index (κ1) is 20.4. The molecule has 0 atom stereocenters. The predicted molar refractivity (Wildman–Crippen MR) is 130 cm³/mol. The van der Waals surface area contributed by atoms with Gasteiger partial charge in [0.15, 0.2) is 0 Å². The number of nitrogens with zero attached hydrogens (tertiary/aromatic N) is 3. The summed E-state index contributed by atoms with van der Waals surface area (Å²) in [6.45, 7) is 7.64. The Kier molecular flexibility index (Phi) is 4.29. The van der Waals surface area contributed by atoms with Gasteiger partial charge < -0.3 is 19.2 Å². The Bertz CT molecular complexity index is 1740. The molecule has 0 spiro atoms. The first-order chi connectivity index (χ1) is 16.4. The lowest BCUT2D eigenvalue weighted by molar-refractivity contribution is 0.393. The molecule has 0 aliphatic heterocycles. The van der Waals surface area contributed by atoms with Gasteiger partial charge in [-0.2, -0.15) is 0 Å². The minimum absolute atomic E-state index is 0.284. The number of aromatic amines is 2. The zero-order chi connectivity index (χ0) is 23.7. The van der Waals surface area contributed by atoms with Crippen molar-refractivity contribution in [3.8, 4) is 28.1 Å². The van der Waals surface area contributed by atoms with Crippen molar-refractivity contribution in [2.45, 2.75) is 27.7 Å². The van der Waals surface area contributed by atoms with Gasteiger partial charge in [0.1, 0.15) is 28.8 Å². The van der Waals surface area contributed by atoms with E-state index in [0.29, 0.717) is 11.6 Å². The lowest BCUT2D eigenvalue weighted by Crippen LogP contribution is -1.94. The first-order valence-electron chi connectivity index (χ1n) is 10.9. The van der Waals surface area contributed by atoms with E-state index in [9.17, 15) is 4.39 Å². The van der Waals surface area contributed by atoms with Crippen molar-refractivity contribution in [3.63, 3.8) is 0 Å². The zero-order valence-electron chi connectivity index (χ0n) is 19.4. The van der Waals surface area contributed by atoms with Crippen LogP contribution in [0.15, 0.2) is 34.9 Å². The fraction of sp³-hybridized carbons (Fsp3) is 0.192. The molecule has 2 N–H and O–H groups in total. The van der Waals surface area contributed by atoms with E-state index in [0.717, 1.165) is 72.4 Å². The number of methoxy groups -OCH3 is 1. The fourth-order valence-corrected chi connectivity index (χ4v) is 4.96. The number of nitrogens with one attached hydrogen (secondary N) is 2. The molecule has 0 aliphatic carbocycles. The molecule has 170 valence electrons. The maximum atomic E-state index is 13.9. The Labute approximate surface area is 194 Å². The summed E-state index contributed by atoms with van der Waals surface area (Å²) in [5, 5.41) is 6.84. The number of rotatable bonds is 3. The molecule has 8 heteroatoms. The second-order valence-corrected chi connectivity index (χ2v) is 8.58. The Morgan fingerprint density at radius 3 is 2.44 bits per heavy atom. The van der Waals surface area contributed by atoms with Crippen LogP contribution in [0, 0.1) is 33.5 Å². The van der Waals surface area contributed by atoms with Crippen molar-refractivity contribution < 1.29 is 13.7 Å². The van der Waals surface area contributed by atoms with Gasteiger partial charge >= 0.3 is 0 Å². The molecule has 2 aromatic carbocycles. The number of hydrogen-bond donors (Lipinski definition) is 2. The van der Waals surface area contributed by atoms with Crippen LogP contribution in [0.4, 0.5) is 4.39 Å². The summed E-state index contributed by atoms with van der Waals surface area (Å²) >= 11 is 0. The molecular formula is C26H22FN5O2. The standard InChI is InChI=1S/C26H22FN5O2/c1-11-23(16-7-6-15(27)8-19(16)28-11)25-24-17-10-21(33-5)18(22-12(2)32-34-13(22)3)9-20(17)31-26(24)30-14(4)29-25/h6-10,28H,1-5H3,(H,29,30,31). The normalized spacial score (nSPS) is 11.8. The Balaban J connectivity index is 1.71. The third kappa shape index (κ3) is 2.84. The molecule has 7 nitrogen and oxygen atoms in total. The molecule has 6 aromatic rings. The van der Waals surface area contributed by atoms with Crippen LogP contribution in [0.1, 0.15) is 23.0 Å². The number of benzene rings is 2. The molecule has 0 fully saturated rings. The van der Waals surface area contributed by atoms with E-state index in [1.807, 2.05) is 39.8 Å². The largest absolute Gasteiger partial charge is 0.496 e. The van der Waals surface area contributed by atoms with Gasteiger partial charge in [-0.15, -0.1) is 0 Å². The summed E-state index contributed by atoms with van der Waals surface area (Å²) in [6.07, 6.45) is 0. The van der Waals surface area contributed by atoms with Crippen LogP contribution in [0.2, 0.25) is 0 Å². The highest BCUT2D eigenvalue weighted by atomic mass is 19.1. The van der Waals surface area contributed by atoms with Crippen molar-refractivity contribution >= 4 is 32.8 Å². The van der Waals surface area contributed by atoms with Crippen LogP contribution < -0.4 is 4.74 Å². The van der Waals surface area contributed by atoms with E-state index in [1.165, 1.54) is 12.1 Å². The maximum absolute atomic E-state index is 13.9. The van der Waals surface area contributed by atoms with E-state index >= 15 is 0 Å². The Morgan fingerprint density at radius 2 is 1.71 bits per heavy atom. The van der Waals surface area contributed by atoms with E-state index in [1.54, 1.807) is 13.2 Å². The highest BCUT2D eigenvalue weighted by Crippen LogP contribution is 2.42. The summed E-state index contributed by atoms with van der Waals surface area (Å²) in [6, 6.07) is 8.81. The zero-order valence-corrected chi connectivity index (χ0v) is 19.4. The predicted octanol–water partition coefficient (Wildman–Crippen LogP) is 6.30. The molecule has 4 heterocycles. The van der Waals surface area contributed by atoms with Crippen LogP contribution in [0.25, 0.3) is 55.2 Å². The van der Waals surface area contributed by atoms with Crippen LogP contribution in [-0.2, 0) is 0 Å². The topological polar surface area (TPSA) is 92.6 Å². The quantitative estimate of drug-likeness (QED) is 0.327. The smallest absolute Gasteiger partial charge is 0.142 e. The fourth-order valence-electron chi connectivity index (χ4n) is 4.96. The summed E-state index contributed by atoms with van der Waals surface area (Å²) in [5.74, 6) is 1.78. The Morgan fingerprint density at radius 1 is 0.912 bits per heavy atom. The van der Waals surface area contributed by atoms with Crippen molar-refractivity contribution in [2.24, 2.45) is 0 Å². The summed E-state index contributed by atoms with van der Waals surface area (Å²) < 4.78 is 25.1. The molecular weight excluding hydrogens is 433 g/mol. The second kappa shape index (κ2) is 7.15. The number of fused-ring (bicyclic) bond motifs is 4. The number of ether oxygens (including phenoxy) is 1. The molecule has 0 aliphatic rings. The molecule has 0 bridgehead atoms. The van der Waals surface area contributed by atoms with E-state index < -0.39 is 0 Å². The third-order valence-corrected chi connectivity index (χ3v) is 6.37. The van der Waals surface area contributed by atoms with Gasteiger partial charge in [-0.05, 0) is 58.0 Å². The van der Waals surface area contributed by atoms with Crippen LogP contribution >= 0.6 is 0 Å². The summed E-state index contributed by atoms with van der Waals surface area (Å²) in [7, 11) is 1.65. The van der Waals surface area contributed by atoms with Crippen LogP contribution in [0.3, 0.4) is 0 Å². The van der Waals surface area contributed by atoms with Gasteiger partial charge in [0.2, 0.25) is 0 Å². The number of halogens is 1. The highest BCUT2D eigenvalue weighted by Gasteiger charge is 2.23. The van der Waals surface area contributed by atoms with Gasteiger partial charge in [0.05, 0.1) is 29.4 Å². The van der Waals surface area contributed by atoms with Gasteiger partial charge in [-0.25, -0.2) is 14.4 Å². The lowest BCUT2D eigenvalue weighted by Gasteiger charge is -2.10. The van der Waals surface area contributed by atoms with Crippen LogP contribution in [0.5, 0.6) is 5.75 Å². The average molecular weight is 455 g/mol. The molecule has 6 rings (SSSR count). The maximum Gasteiger partial charge on any atom is 0.142 e. The monoisotopic (exact) mass is 455 g/mol. The third-order valence-electron chi connectivity index (χ3n) is 6.37. The van der Waals surface area contributed by atoms with Crippen molar-refractivity contribution in [1.82, 2.24) is 25.1 Å². The highest BCUT2D eigenvalue weighted by molar-refractivity contribution is 6.16. The molecule has 0 radical (unpaired) electrons. The SMILES string of the molecule is COc1cc2c(cc1-c1c(C)noc1C)[nH]c1nc(C)nc(-c3c(C)[nH]c4cc(F)ccc34)c12. The van der Waals surface area contributed by atoms with Gasteiger partial charge in [0, 0.05) is 38.6 Å². The van der Waals surface area contributed by atoms with Crippen LogP contribution in [-0.4, -0.2) is 32.2 Å². The number of aryl methyl sites for hydroxylation is 4. The average Bonchev–Trinajstić information content (AvgIpc) is 3.43. The van der Waals surface area contributed by atoms with Crippen molar-refractivity contribution in [1.29, 1.82) is 0 Å². The molecule has 0 saturated heterocycles. The molecule has 0 saturated carbocycles. The summed E-state index contributed by atoms with van der Waals surface area (Å²) in [5.41, 5.74) is 7.59. The minimum atomic E-state index is -0.284. The minimum Gasteiger partial charge on any atom is -0.496 e. The second-order valence-electron chi connectivity index (χ2n) is 8.58. The van der Waals surface area contributed by atoms with Gasteiger partial charge in [0.25, 0.3) is 0 Å². The molecule has 0 unspecified atom stereocenters. The molecule has 0 amide bonds. The first-order valence-corrected chi connectivity index (χ1v) is 10.9. The number of H-pyrrole nitrogens is 2. The van der Waals surface area contributed by atoms with Crippen molar-refractivity contribution in [3.05, 3.63) is 59.1 Å². The van der Waals surface area contributed by atoms with E-state index in [2.05, 4.69) is 20.1 Å². The number of aromatic nitrogens is 5. The van der Waals surface area contributed by atoms with Gasteiger partial charge in [-0.3, -0.25) is 0 Å². The lowest BCUT2D eigenvalue weighted by atomic mass is 9.99. The Hall–Kier alpha value is -4.20.